The zero-order valence-electron chi connectivity index (χ0n) is 14.2. The quantitative estimate of drug-likeness (QED) is 0.878. The van der Waals surface area contributed by atoms with Crippen LogP contribution < -0.4 is 0 Å². The molecular weight excluding hydrogens is 335 g/mol. The molecule has 0 saturated carbocycles. The minimum Gasteiger partial charge on any atom is -0.481 e. The monoisotopic (exact) mass is 357 g/mol. The lowest BCUT2D eigenvalue weighted by Crippen LogP contribution is -2.34. The number of rotatable bonds is 5. The van der Waals surface area contributed by atoms with E-state index in [1.807, 2.05) is 38.1 Å². The van der Waals surface area contributed by atoms with Crippen LogP contribution in [0, 0.1) is 11.8 Å². The van der Waals surface area contributed by atoms with Crippen LogP contribution in [0.4, 0.5) is 13.2 Å². The molecule has 1 unspecified atom stereocenters. The Kier molecular flexibility index (Phi) is 5.75. The molecule has 1 aromatic rings. The van der Waals surface area contributed by atoms with E-state index in [-0.39, 0.29) is 18.9 Å². The van der Waals surface area contributed by atoms with Crippen molar-refractivity contribution in [2.45, 2.75) is 38.8 Å². The maximum atomic E-state index is 13.0. The van der Waals surface area contributed by atoms with Crippen LogP contribution in [0.3, 0.4) is 0 Å². The fourth-order valence-corrected chi connectivity index (χ4v) is 3.18. The lowest BCUT2D eigenvalue weighted by Gasteiger charge is -2.20. The van der Waals surface area contributed by atoms with Crippen LogP contribution >= 0.6 is 0 Å². The standard InChI is InChI=1S/C18H22F3NO3/c1-3-12-4-6-13(7-5-12)11(2)8-16(23)22-9-14(17(24)25)15(10-22)18(19,20)21/h4-7,11,14-15H,3,8-10H2,1-2H3,(H,24,25)/t11?,14-,15-/m1/s1. The number of alkyl halides is 3. The SMILES string of the molecule is CCc1ccc(C(C)CC(=O)N2C[C@@H](C(F)(F)F)[C@H](C(=O)O)C2)cc1. The van der Waals surface area contributed by atoms with E-state index in [1.165, 1.54) is 5.56 Å². The van der Waals surface area contributed by atoms with Gasteiger partial charge in [-0.25, -0.2) is 0 Å². The first-order valence-electron chi connectivity index (χ1n) is 8.29. The number of halogens is 3. The van der Waals surface area contributed by atoms with Gasteiger partial charge in [-0.1, -0.05) is 38.1 Å². The number of hydrogen-bond donors (Lipinski definition) is 1. The van der Waals surface area contributed by atoms with Gasteiger partial charge in [0.15, 0.2) is 0 Å². The number of carboxylic acid groups (broad SMARTS) is 1. The lowest BCUT2D eigenvalue weighted by molar-refractivity contribution is -0.188. The zero-order valence-corrected chi connectivity index (χ0v) is 14.2. The highest BCUT2D eigenvalue weighted by molar-refractivity contribution is 5.79. The van der Waals surface area contributed by atoms with E-state index in [1.54, 1.807) is 0 Å². The van der Waals surface area contributed by atoms with Crippen LogP contribution in [0.2, 0.25) is 0 Å². The first-order valence-corrected chi connectivity index (χ1v) is 8.29. The van der Waals surface area contributed by atoms with Crippen LogP contribution in [0.1, 0.15) is 37.3 Å². The van der Waals surface area contributed by atoms with Gasteiger partial charge in [0.25, 0.3) is 0 Å². The van der Waals surface area contributed by atoms with Crippen LogP contribution in [-0.4, -0.2) is 41.1 Å². The van der Waals surface area contributed by atoms with E-state index in [0.29, 0.717) is 0 Å². The van der Waals surface area contributed by atoms with Crippen LogP contribution in [0.25, 0.3) is 0 Å². The van der Waals surface area contributed by atoms with Gasteiger partial charge in [0.1, 0.15) is 0 Å². The summed E-state index contributed by atoms with van der Waals surface area (Å²) in [5, 5.41) is 9.02. The fraction of sp³-hybridized carbons (Fsp3) is 0.556. The Hall–Kier alpha value is -2.05. The topological polar surface area (TPSA) is 57.6 Å². The van der Waals surface area contributed by atoms with E-state index in [2.05, 4.69) is 0 Å². The van der Waals surface area contributed by atoms with Crippen molar-refractivity contribution in [3.63, 3.8) is 0 Å². The maximum Gasteiger partial charge on any atom is 0.394 e. The number of aliphatic carboxylic acids is 1. The molecule has 138 valence electrons. The van der Waals surface area contributed by atoms with Crippen molar-refractivity contribution < 1.29 is 27.9 Å². The Morgan fingerprint density at radius 2 is 1.84 bits per heavy atom. The minimum absolute atomic E-state index is 0.0579. The highest BCUT2D eigenvalue weighted by Gasteiger charge is 2.53. The first-order chi connectivity index (χ1) is 11.6. The van der Waals surface area contributed by atoms with E-state index in [9.17, 15) is 22.8 Å². The van der Waals surface area contributed by atoms with Gasteiger partial charge in [0, 0.05) is 19.5 Å². The predicted octanol–water partition coefficient (Wildman–Crippen LogP) is 3.46. The second-order valence-electron chi connectivity index (χ2n) is 6.59. The fourth-order valence-electron chi connectivity index (χ4n) is 3.18. The van der Waals surface area contributed by atoms with E-state index in [0.717, 1.165) is 16.9 Å². The van der Waals surface area contributed by atoms with Crippen LogP contribution in [0.5, 0.6) is 0 Å². The zero-order chi connectivity index (χ0) is 18.8. The number of carbonyl (C=O) groups excluding carboxylic acids is 1. The Bertz CT molecular complexity index is 627. The molecule has 1 saturated heterocycles. The van der Waals surface area contributed by atoms with Gasteiger partial charge in [-0.3, -0.25) is 9.59 Å². The van der Waals surface area contributed by atoms with Gasteiger partial charge < -0.3 is 10.0 Å². The molecule has 0 bridgehead atoms. The van der Waals surface area contributed by atoms with Gasteiger partial charge in [0.2, 0.25) is 5.91 Å². The van der Waals surface area contributed by atoms with Crippen molar-refractivity contribution in [2.75, 3.05) is 13.1 Å². The van der Waals surface area contributed by atoms with Gasteiger partial charge in [-0.15, -0.1) is 0 Å². The summed E-state index contributed by atoms with van der Waals surface area (Å²) in [4.78, 5) is 24.5. The van der Waals surface area contributed by atoms with Crippen molar-refractivity contribution in [2.24, 2.45) is 11.8 Å². The third-order valence-corrected chi connectivity index (χ3v) is 4.85. The molecule has 1 aliphatic heterocycles. The predicted molar refractivity (Wildman–Crippen MR) is 86.1 cm³/mol. The van der Waals surface area contributed by atoms with Crippen molar-refractivity contribution in [3.05, 3.63) is 35.4 Å². The van der Waals surface area contributed by atoms with E-state index >= 15 is 0 Å². The molecule has 3 atom stereocenters. The molecule has 0 aromatic heterocycles. The molecule has 1 aromatic carbocycles. The molecule has 25 heavy (non-hydrogen) atoms. The summed E-state index contributed by atoms with van der Waals surface area (Å²) in [5.41, 5.74) is 2.10. The molecule has 1 fully saturated rings. The molecule has 2 rings (SSSR count). The maximum absolute atomic E-state index is 13.0. The molecule has 1 N–H and O–H groups in total. The summed E-state index contributed by atoms with van der Waals surface area (Å²) in [6.45, 7) is 2.90. The smallest absolute Gasteiger partial charge is 0.394 e. The summed E-state index contributed by atoms with van der Waals surface area (Å²) in [5.74, 6) is -5.70. The van der Waals surface area contributed by atoms with Crippen molar-refractivity contribution in [1.29, 1.82) is 0 Å². The van der Waals surface area contributed by atoms with Crippen LogP contribution in [0.15, 0.2) is 24.3 Å². The summed E-state index contributed by atoms with van der Waals surface area (Å²) >= 11 is 0. The summed E-state index contributed by atoms with van der Waals surface area (Å²) in [7, 11) is 0. The van der Waals surface area contributed by atoms with E-state index in [4.69, 9.17) is 5.11 Å². The molecule has 0 aliphatic carbocycles. The summed E-state index contributed by atoms with van der Waals surface area (Å²) in [6.07, 6.45) is -3.67. The minimum atomic E-state index is -4.63. The average Bonchev–Trinajstić information content (AvgIpc) is 3.01. The Balaban J connectivity index is 2.03. The molecule has 0 spiro atoms. The van der Waals surface area contributed by atoms with Gasteiger partial charge in [-0.2, -0.15) is 13.2 Å². The second-order valence-corrected chi connectivity index (χ2v) is 6.59. The number of nitrogens with zero attached hydrogens (tertiary/aromatic N) is 1. The average molecular weight is 357 g/mol. The summed E-state index contributed by atoms with van der Waals surface area (Å²) in [6, 6.07) is 7.76. The number of amides is 1. The highest BCUT2D eigenvalue weighted by Crippen LogP contribution is 2.38. The number of aryl methyl sites for hydroxylation is 1. The Morgan fingerprint density at radius 1 is 1.24 bits per heavy atom. The van der Waals surface area contributed by atoms with Crippen molar-refractivity contribution in [3.8, 4) is 0 Å². The Labute approximate surface area is 144 Å². The normalized spacial score (nSPS) is 22.0. The highest BCUT2D eigenvalue weighted by atomic mass is 19.4. The van der Waals surface area contributed by atoms with Gasteiger partial charge in [-0.05, 0) is 23.5 Å². The van der Waals surface area contributed by atoms with E-state index < -0.39 is 36.4 Å². The number of hydrogen-bond acceptors (Lipinski definition) is 2. The molecule has 1 aliphatic rings. The summed E-state index contributed by atoms with van der Waals surface area (Å²) < 4.78 is 39.0. The van der Waals surface area contributed by atoms with Crippen molar-refractivity contribution in [1.82, 2.24) is 4.90 Å². The number of likely N-dealkylation sites (tertiary alicyclic amines) is 1. The number of benzene rings is 1. The molecule has 0 radical (unpaired) electrons. The molecule has 7 heteroatoms. The van der Waals surface area contributed by atoms with Crippen LogP contribution in [-0.2, 0) is 16.0 Å². The number of carboxylic acids is 1. The van der Waals surface area contributed by atoms with Gasteiger partial charge >= 0.3 is 12.1 Å². The first kappa shape index (κ1) is 19.3. The largest absolute Gasteiger partial charge is 0.481 e. The number of carbonyl (C=O) groups is 2. The lowest BCUT2D eigenvalue weighted by atomic mass is 9.96. The molecule has 1 amide bonds. The third kappa shape index (κ3) is 4.52. The third-order valence-electron chi connectivity index (χ3n) is 4.85. The molecular formula is C18H22F3NO3. The second kappa shape index (κ2) is 7.45. The molecule has 1 heterocycles. The Morgan fingerprint density at radius 3 is 2.28 bits per heavy atom. The van der Waals surface area contributed by atoms with Crippen molar-refractivity contribution >= 4 is 11.9 Å². The van der Waals surface area contributed by atoms with Gasteiger partial charge in [0.05, 0.1) is 11.8 Å². The molecule has 4 nitrogen and oxygen atoms in total.